The van der Waals surface area contributed by atoms with Crippen LogP contribution in [0, 0.1) is 0 Å². The van der Waals surface area contributed by atoms with Crippen molar-refractivity contribution in [2.75, 3.05) is 13.2 Å². The number of hydrogen-bond donors (Lipinski definition) is 1. The highest BCUT2D eigenvalue weighted by molar-refractivity contribution is 6.67. The zero-order chi connectivity index (χ0) is 19.4. The second-order valence-corrected chi connectivity index (χ2v) is 6.94. The van der Waals surface area contributed by atoms with Gasteiger partial charge in [0.1, 0.15) is 12.3 Å². The molecule has 0 unspecified atom stereocenters. The maximum Gasteiger partial charge on any atom is 0.338 e. The first kappa shape index (κ1) is 19.5. The summed E-state index contributed by atoms with van der Waals surface area (Å²) in [5.74, 6) is -0.631. The van der Waals surface area contributed by atoms with Crippen molar-refractivity contribution in [2.45, 2.75) is 38.0 Å². The number of carbonyl (C=O) groups excluding carboxylic acids is 2. The molecule has 7 nitrogen and oxygen atoms in total. The van der Waals surface area contributed by atoms with Crippen molar-refractivity contribution in [1.29, 1.82) is 0 Å². The second-order valence-electron chi connectivity index (χ2n) is 6.60. The van der Waals surface area contributed by atoms with E-state index in [1.165, 1.54) is 6.20 Å². The number of carbonyl (C=O) groups is 2. The van der Waals surface area contributed by atoms with E-state index in [-0.39, 0.29) is 25.5 Å². The SMILES string of the molecule is C[C@H](c1cccc(COC(=O)C2(O)CCOCC2)c1)n1cncc1C(=O)Cl. The third-order valence-electron chi connectivity index (χ3n) is 4.79. The predicted molar refractivity (Wildman–Crippen MR) is 97.5 cm³/mol. The number of rotatable bonds is 6. The molecular weight excluding hydrogens is 372 g/mol. The Morgan fingerprint density at radius 2 is 2.15 bits per heavy atom. The largest absolute Gasteiger partial charge is 0.459 e. The van der Waals surface area contributed by atoms with E-state index < -0.39 is 16.8 Å². The zero-order valence-corrected chi connectivity index (χ0v) is 15.7. The molecule has 1 aromatic heterocycles. The highest BCUT2D eigenvalue weighted by Gasteiger charge is 2.39. The van der Waals surface area contributed by atoms with Gasteiger partial charge in [-0.25, -0.2) is 9.78 Å². The summed E-state index contributed by atoms with van der Waals surface area (Å²) in [6.45, 7) is 2.64. The van der Waals surface area contributed by atoms with E-state index in [4.69, 9.17) is 21.1 Å². The summed E-state index contributed by atoms with van der Waals surface area (Å²) in [5.41, 5.74) is 0.519. The minimum absolute atomic E-state index is 0.0494. The average molecular weight is 393 g/mol. The van der Waals surface area contributed by atoms with E-state index in [1.807, 2.05) is 31.2 Å². The molecule has 2 aromatic rings. The molecule has 144 valence electrons. The van der Waals surface area contributed by atoms with E-state index in [9.17, 15) is 14.7 Å². The molecule has 1 aliphatic heterocycles. The highest BCUT2D eigenvalue weighted by Crippen LogP contribution is 2.24. The fraction of sp³-hybridized carbons (Fsp3) is 0.421. The summed E-state index contributed by atoms with van der Waals surface area (Å²) in [4.78, 5) is 27.7. The third kappa shape index (κ3) is 4.37. The second kappa shape index (κ2) is 8.21. The molecular formula is C19H21ClN2O5. The van der Waals surface area contributed by atoms with Gasteiger partial charge in [0.2, 0.25) is 0 Å². The van der Waals surface area contributed by atoms with Gasteiger partial charge in [-0.15, -0.1) is 0 Å². The van der Waals surface area contributed by atoms with Crippen molar-refractivity contribution in [3.05, 3.63) is 53.6 Å². The van der Waals surface area contributed by atoms with Crippen LogP contribution in [0.1, 0.15) is 47.4 Å². The van der Waals surface area contributed by atoms with Gasteiger partial charge < -0.3 is 19.1 Å². The Bertz CT molecular complexity index is 829. The van der Waals surface area contributed by atoms with Crippen molar-refractivity contribution in [2.24, 2.45) is 0 Å². The normalized spacial score (nSPS) is 17.3. The van der Waals surface area contributed by atoms with E-state index in [2.05, 4.69) is 4.98 Å². The molecule has 0 amide bonds. The minimum Gasteiger partial charge on any atom is -0.459 e. The fourth-order valence-corrected chi connectivity index (χ4v) is 3.21. The van der Waals surface area contributed by atoms with Crippen LogP contribution >= 0.6 is 11.6 Å². The van der Waals surface area contributed by atoms with Gasteiger partial charge in [-0.05, 0) is 29.7 Å². The molecule has 1 aliphatic rings. The first-order chi connectivity index (χ1) is 12.9. The molecule has 0 aliphatic carbocycles. The van der Waals surface area contributed by atoms with Gasteiger partial charge in [0.15, 0.2) is 5.60 Å². The Morgan fingerprint density at radius 1 is 1.41 bits per heavy atom. The lowest BCUT2D eigenvalue weighted by molar-refractivity contribution is -0.176. The van der Waals surface area contributed by atoms with Crippen molar-refractivity contribution in [1.82, 2.24) is 9.55 Å². The van der Waals surface area contributed by atoms with Crippen LogP contribution in [0.4, 0.5) is 0 Å². The Labute approximate surface area is 161 Å². The predicted octanol–water partition coefficient (Wildman–Crippen LogP) is 2.46. The monoisotopic (exact) mass is 392 g/mol. The van der Waals surface area contributed by atoms with E-state index in [1.54, 1.807) is 10.9 Å². The van der Waals surface area contributed by atoms with Crippen LogP contribution in [-0.4, -0.2) is 44.7 Å². The lowest BCUT2D eigenvalue weighted by atomic mass is 9.95. The van der Waals surface area contributed by atoms with Gasteiger partial charge in [-0.2, -0.15) is 0 Å². The Kier molecular flexibility index (Phi) is 5.94. The van der Waals surface area contributed by atoms with Crippen molar-refractivity contribution >= 4 is 22.8 Å². The third-order valence-corrected chi connectivity index (χ3v) is 4.98. The van der Waals surface area contributed by atoms with Crippen molar-refractivity contribution in [3.8, 4) is 0 Å². The highest BCUT2D eigenvalue weighted by atomic mass is 35.5. The van der Waals surface area contributed by atoms with Gasteiger partial charge in [0.25, 0.3) is 5.24 Å². The summed E-state index contributed by atoms with van der Waals surface area (Å²) >= 11 is 5.59. The van der Waals surface area contributed by atoms with Gasteiger partial charge in [-0.3, -0.25) is 4.79 Å². The van der Waals surface area contributed by atoms with Gasteiger partial charge in [0, 0.05) is 26.1 Å². The van der Waals surface area contributed by atoms with Crippen LogP contribution in [-0.2, 0) is 20.9 Å². The molecule has 1 aromatic carbocycles. The number of nitrogens with zero attached hydrogens (tertiary/aromatic N) is 2. The molecule has 1 saturated heterocycles. The number of halogens is 1. The molecule has 2 heterocycles. The molecule has 0 saturated carbocycles. The number of aliphatic hydroxyl groups is 1. The topological polar surface area (TPSA) is 90.7 Å². The quantitative estimate of drug-likeness (QED) is 0.599. The van der Waals surface area contributed by atoms with E-state index >= 15 is 0 Å². The van der Waals surface area contributed by atoms with Gasteiger partial charge >= 0.3 is 5.97 Å². The van der Waals surface area contributed by atoms with Crippen LogP contribution in [0.2, 0.25) is 0 Å². The number of ether oxygens (including phenoxy) is 2. The molecule has 0 spiro atoms. The Hall–Kier alpha value is -2.22. The average Bonchev–Trinajstić information content (AvgIpc) is 3.16. The summed E-state index contributed by atoms with van der Waals surface area (Å²) in [6.07, 6.45) is 3.44. The lowest BCUT2D eigenvalue weighted by Crippen LogP contribution is -2.44. The molecule has 27 heavy (non-hydrogen) atoms. The Balaban J connectivity index is 1.69. The summed E-state index contributed by atoms with van der Waals surface area (Å²) in [5, 5.41) is 9.78. The molecule has 8 heteroatoms. The van der Waals surface area contributed by atoms with Crippen LogP contribution in [0.25, 0.3) is 0 Å². The van der Waals surface area contributed by atoms with Crippen LogP contribution in [0.5, 0.6) is 0 Å². The minimum atomic E-state index is -1.48. The lowest BCUT2D eigenvalue weighted by Gasteiger charge is -2.29. The molecule has 1 fully saturated rings. The molecule has 1 N–H and O–H groups in total. The number of aromatic nitrogens is 2. The maximum absolute atomic E-state index is 12.2. The van der Waals surface area contributed by atoms with Crippen molar-refractivity contribution < 1.29 is 24.2 Å². The fourth-order valence-electron chi connectivity index (χ4n) is 3.07. The van der Waals surface area contributed by atoms with Crippen LogP contribution < -0.4 is 0 Å². The number of esters is 1. The standard InChI is InChI=1S/C19H21ClN2O5/c1-13(22-12-21-10-16(22)17(20)23)15-4-2-3-14(9-15)11-27-18(24)19(25)5-7-26-8-6-19/h2-4,9-10,12-13,25H,5-8,11H2,1H3/t13-/m1/s1. The van der Waals surface area contributed by atoms with E-state index in [0.29, 0.717) is 18.9 Å². The van der Waals surface area contributed by atoms with Crippen LogP contribution in [0.3, 0.4) is 0 Å². The Morgan fingerprint density at radius 3 is 2.85 bits per heavy atom. The molecule has 0 bridgehead atoms. The zero-order valence-electron chi connectivity index (χ0n) is 14.9. The number of imidazole rings is 1. The summed E-state index contributed by atoms with van der Waals surface area (Å²) < 4.78 is 12.2. The van der Waals surface area contributed by atoms with Gasteiger partial charge in [0.05, 0.1) is 18.6 Å². The van der Waals surface area contributed by atoms with Crippen molar-refractivity contribution in [3.63, 3.8) is 0 Å². The summed E-state index contributed by atoms with van der Waals surface area (Å²) in [7, 11) is 0. The number of hydrogen-bond acceptors (Lipinski definition) is 6. The molecule has 3 rings (SSSR count). The van der Waals surface area contributed by atoms with E-state index in [0.717, 1.165) is 11.1 Å². The van der Waals surface area contributed by atoms with Crippen LogP contribution in [0.15, 0.2) is 36.8 Å². The molecule has 1 atom stereocenters. The van der Waals surface area contributed by atoms with Gasteiger partial charge in [-0.1, -0.05) is 24.3 Å². The first-order valence-electron chi connectivity index (χ1n) is 8.68. The maximum atomic E-state index is 12.2. The summed E-state index contributed by atoms with van der Waals surface area (Å²) in [6, 6.07) is 7.29. The number of benzene rings is 1. The first-order valence-corrected chi connectivity index (χ1v) is 9.06. The molecule has 0 radical (unpaired) electrons. The smallest absolute Gasteiger partial charge is 0.338 e.